The molecule has 4 fully saturated rings. The summed E-state index contributed by atoms with van der Waals surface area (Å²) in [6.07, 6.45) is 0. The Bertz CT molecular complexity index is 1290. The minimum Gasteiger partial charge on any atom is -0.456 e. The minimum absolute atomic E-state index is 0.0239. The molecule has 1 aromatic rings. The van der Waals surface area contributed by atoms with Crippen LogP contribution in [0.25, 0.3) is 0 Å². The Kier molecular flexibility index (Phi) is 9.43. The molecule has 0 spiro atoms. The van der Waals surface area contributed by atoms with E-state index in [1.54, 1.807) is 6.07 Å². The minimum atomic E-state index is -0.789. The van der Waals surface area contributed by atoms with Gasteiger partial charge in [-0.25, -0.2) is 14.4 Å². The zero-order chi connectivity index (χ0) is 32.8. The van der Waals surface area contributed by atoms with Gasteiger partial charge in [-0.1, -0.05) is 0 Å². The molecule has 4 heterocycles. The monoisotopic (exact) mass is 628 g/mol. The van der Waals surface area contributed by atoms with Gasteiger partial charge in [0, 0.05) is 76.0 Å². The normalized spacial score (nSPS) is 20.4. The molecule has 11 heteroatoms. The molecule has 0 radical (unpaired) electrons. The highest BCUT2D eigenvalue weighted by Crippen LogP contribution is 2.33. The van der Waals surface area contributed by atoms with E-state index in [-0.39, 0.29) is 41.1 Å². The van der Waals surface area contributed by atoms with Crippen molar-refractivity contribution in [1.29, 1.82) is 0 Å². The van der Waals surface area contributed by atoms with Gasteiger partial charge in [0.15, 0.2) is 0 Å². The second-order valence-corrected chi connectivity index (χ2v) is 15.3. The smallest absolute Gasteiger partial charge is 0.339 e. The molecule has 4 N–H and O–H groups in total. The molecule has 0 atom stereocenters. The highest BCUT2D eigenvalue weighted by molar-refractivity contribution is 6.06. The predicted octanol–water partition coefficient (Wildman–Crippen LogP) is 2.67. The van der Waals surface area contributed by atoms with Crippen LogP contribution in [0, 0.1) is 23.7 Å². The lowest BCUT2D eigenvalue weighted by Crippen LogP contribution is -2.55. The second kappa shape index (κ2) is 12.6. The third kappa shape index (κ3) is 7.22. The summed E-state index contributed by atoms with van der Waals surface area (Å²) < 4.78 is 24.6. The fourth-order valence-corrected chi connectivity index (χ4v) is 5.93. The van der Waals surface area contributed by atoms with Crippen LogP contribution in [0.15, 0.2) is 12.1 Å². The van der Waals surface area contributed by atoms with Crippen molar-refractivity contribution < 1.29 is 33.3 Å². The van der Waals surface area contributed by atoms with Crippen LogP contribution in [-0.2, 0) is 25.6 Å². The summed E-state index contributed by atoms with van der Waals surface area (Å²) in [6, 6.07) is 3.01. The number of hydrogen-bond acceptors (Lipinski definition) is 11. The number of benzene rings is 1. The van der Waals surface area contributed by atoms with E-state index in [1.165, 1.54) is 6.07 Å². The molecule has 0 aromatic heterocycles. The average molecular weight is 629 g/mol. The van der Waals surface area contributed by atoms with Crippen molar-refractivity contribution in [2.75, 3.05) is 52.4 Å². The molecule has 0 unspecified atom stereocenters. The van der Waals surface area contributed by atoms with Gasteiger partial charge in [-0.2, -0.15) is 0 Å². The first-order valence-corrected chi connectivity index (χ1v) is 16.3. The number of nitrogens with one attached hydrogen (secondary N) is 4. The lowest BCUT2D eigenvalue weighted by molar-refractivity contribution is -0.0847. The molecular weight excluding hydrogens is 576 g/mol. The number of rotatable bonds is 13. The van der Waals surface area contributed by atoms with Gasteiger partial charge >= 0.3 is 17.9 Å². The Hall–Kier alpha value is -2.57. The van der Waals surface area contributed by atoms with Crippen molar-refractivity contribution in [3.8, 4) is 0 Å². The number of esters is 3. The van der Waals surface area contributed by atoms with E-state index in [2.05, 4.69) is 21.3 Å². The van der Waals surface area contributed by atoms with Crippen molar-refractivity contribution >= 4 is 17.9 Å². The maximum Gasteiger partial charge on any atom is 0.339 e. The van der Waals surface area contributed by atoms with E-state index in [1.807, 2.05) is 55.4 Å². The Labute approximate surface area is 267 Å². The second-order valence-electron chi connectivity index (χ2n) is 15.3. The van der Waals surface area contributed by atoms with Gasteiger partial charge in [-0.05, 0) is 73.1 Å². The van der Waals surface area contributed by atoms with Crippen LogP contribution in [0.1, 0.15) is 92.0 Å². The molecule has 11 nitrogen and oxygen atoms in total. The lowest BCUT2D eigenvalue weighted by Gasteiger charge is -2.41. The summed E-state index contributed by atoms with van der Waals surface area (Å²) in [4.78, 5) is 41.8. The first kappa shape index (κ1) is 33.8. The SMILES string of the molecule is CC(C)(OCc1cc(C(=O)OC(C)(C)C2CNC2)c(C(=O)OC(C)(C)C2CNC2)cc1C(=O)OC(C)(C)C1CNC1)C1CNC1. The predicted molar refractivity (Wildman–Crippen MR) is 169 cm³/mol. The first-order chi connectivity index (χ1) is 21.0. The molecule has 5 rings (SSSR count). The molecule has 4 aliphatic rings. The van der Waals surface area contributed by atoms with Crippen LogP contribution in [-0.4, -0.2) is 92.7 Å². The van der Waals surface area contributed by atoms with Gasteiger partial charge in [0.25, 0.3) is 0 Å². The maximum absolute atomic E-state index is 13.9. The summed E-state index contributed by atoms with van der Waals surface area (Å²) in [5, 5.41) is 13.0. The Morgan fingerprint density at radius 1 is 0.533 bits per heavy atom. The summed E-state index contributed by atoms with van der Waals surface area (Å²) in [7, 11) is 0. The van der Waals surface area contributed by atoms with Crippen molar-refractivity contribution in [3.05, 3.63) is 34.4 Å². The molecule has 4 aliphatic heterocycles. The van der Waals surface area contributed by atoms with Gasteiger partial charge in [0.1, 0.15) is 16.8 Å². The zero-order valence-corrected chi connectivity index (χ0v) is 28.2. The molecule has 0 bridgehead atoms. The van der Waals surface area contributed by atoms with Crippen LogP contribution in [0.4, 0.5) is 0 Å². The Balaban J connectivity index is 1.53. The van der Waals surface area contributed by atoms with Crippen molar-refractivity contribution in [3.63, 3.8) is 0 Å². The highest BCUT2D eigenvalue weighted by Gasteiger charge is 2.42. The van der Waals surface area contributed by atoms with Crippen molar-refractivity contribution in [1.82, 2.24) is 21.3 Å². The van der Waals surface area contributed by atoms with E-state index in [0.717, 1.165) is 52.4 Å². The molecule has 45 heavy (non-hydrogen) atoms. The molecular formula is C34H52N4O7. The fraction of sp³-hybridized carbons (Fsp3) is 0.735. The summed E-state index contributed by atoms with van der Waals surface area (Å²) in [5.74, 6) is -1.19. The largest absolute Gasteiger partial charge is 0.456 e. The van der Waals surface area contributed by atoms with Crippen LogP contribution in [0.2, 0.25) is 0 Å². The van der Waals surface area contributed by atoms with Crippen molar-refractivity contribution in [2.45, 2.75) is 84.4 Å². The first-order valence-electron chi connectivity index (χ1n) is 16.3. The average Bonchev–Trinajstić information content (AvgIpc) is 2.75. The summed E-state index contributed by atoms with van der Waals surface area (Å²) in [5.41, 5.74) is -2.13. The third-order valence-corrected chi connectivity index (χ3v) is 10.6. The number of carbonyl (C=O) groups excluding carboxylic acids is 3. The molecule has 1 aromatic carbocycles. The van der Waals surface area contributed by atoms with Crippen molar-refractivity contribution in [2.24, 2.45) is 23.7 Å². The van der Waals surface area contributed by atoms with E-state index in [4.69, 9.17) is 18.9 Å². The number of ether oxygens (including phenoxy) is 4. The molecule has 0 saturated carbocycles. The number of hydrogen-bond donors (Lipinski definition) is 4. The van der Waals surface area contributed by atoms with Crippen LogP contribution >= 0.6 is 0 Å². The Morgan fingerprint density at radius 3 is 1.18 bits per heavy atom. The van der Waals surface area contributed by atoms with Crippen LogP contribution in [0.3, 0.4) is 0 Å². The zero-order valence-electron chi connectivity index (χ0n) is 28.2. The molecule has 250 valence electrons. The van der Waals surface area contributed by atoms with Crippen LogP contribution < -0.4 is 21.3 Å². The van der Waals surface area contributed by atoms with E-state index < -0.39 is 40.3 Å². The standard InChI is InChI=1S/C34H52N4O7/c1-31(2,21-11-35-12-21)42-19-20-9-26(29(40)44-33(5,6)23-15-37-16-23)27(30(41)45-34(7,8)24-17-38-18-24)10-25(20)28(39)43-32(3,4)22-13-36-14-22/h9-10,21-24,35-38H,11-19H2,1-8H3. The number of carbonyl (C=O) groups is 3. The maximum atomic E-state index is 13.9. The van der Waals surface area contributed by atoms with E-state index in [9.17, 15) is 14.4 Å². The fourth-order valence-electron chi connectivity index (χ4n) is 5.93. The lowest BCUT2D eigenvalue weighted by atomic mass is 9.85. The third-order valence-electron chi connectivity index (χ3n) is 10.6. The van der Waals surface area contributed by atoms with Gasteiger partial charge in [-0.3, -0.25) is 0 Å². The molecule has 0 aliphatic carbocycles. The van der Waals surface area contributed by atoms with E-state index in [0.29, 0.717) is 11.5 Å². The molecule has 0 amide bonds. The summed E-state index contributed by atoms with van der Waals surface area (Å²) >= 11 is 0. The van der Waals surface area contributed by atoms with Gasteiger partial charge in [0.2, 0.25) is 0 Å². The quantitative estimate of drug-likeness (QED) is 0.190. The highest BCUT2D eigenvalue weighted by atomic mass is 16.6. The van der Waals surface area contributed by atoms with Gasteiger partial charge in [-0.15, -0.1) is 0 Å². The topological polar surface area (TPSA) is 136 Å². The van der Waals surface area contributed by atoms with E-state index >= 15 is 0 Å². The Morgan fingerprint density at radius 2 is 0.844 bits per heavy atom. The van der Waals surface area contributed by atoms with Gasteiger partial charge in [0.05, 0.1) is 28.9 Å². The van der Waals surface area contributed by atoms with Crippen LogP contribution in [0.5, 0.6) is 0 Å². The van der Waals surface area contributed by atoms with Gasteiger partial charge < -0.3 is 40.2 Å². The summed E-state index contributed by atoms with van der Waals surface area (Å²) in [6.45, 7) is 21.5. The molecule has 4 saturated heterocycles.